The van der Waals surface area contributed by atoms with Crippen LogP contribution in [0.2, 0.25) is 0 Å². The van der Waals surface area contributed by atoms with Gasteiger partial charge in [-0.25, -0.2) is 23.9 Å². The van der Waals surface area contributed by atoms with Gasteiger partial charge in [0.25, 0.3) is 5.91 Å². The van der Waals surface area contributed by atoms with Crippen LogP contribution >= 0.6 is 0 Å². The molecule has 3 atom stereocenters. The molecule has 0 radical (unpaired) electrons. The molecule has 6 rings (SSSR count). The monoisotopic (exact) mass is 453 g/mol. The summed E-state index contributed by atoms with van der Waals surface area (Å²) in [5.41, 5.74) is 1.41. The highest BCUT2D eigenvalue weighted by Gasteiger charge is 2.37. The van der Waals surface area contributed by atoms with Crippen molar-refractivity contribution < 1.29 is 18.8 Å². The summed E-state index contributed by atoms with van der Waals surface area (Å²) in [4.78, 5) is 30.4. The van der Waals surface area contributed by atoms with Gasteiger partial charge in [0, 0.05) is 37.3 Å². The van der Waals surface area contributed by atoms with E-state index < -0.39 is 5.82 Å². The number of rotatable bonds is 1. The first-order chi connectivity index (χ1) is 16.1. The Hall–Kier alpha value is -3.31. The largest absolute Gasteiger partial charge is 0.471 e. The van der Waals surface area contributed by atoms with Crippen molar-refractivity contribution in [3.05, 3.63) is 47.7 Å². The molecule has 33 heavy (non-hydrogen) atoms. The number of anilines is 1. The van der Waals surface area contributed by atoms with Gasteiger partial charge in [0.05, 0.1) is 31.1 Å². The average Bonchev–Trinajstić information content (AvgIpc) is 3.47. The number of hydrogen-bond acceptors (Lipinski definition) is 8. The predicted octanol–water partition coefficient (Wildman–Crippen LogP) is 1.73. The third kappa shape index (κ3) is 3.47. The number of nitrogens with zero attached hydrogens (tertiary/aromatic N) is 6. The Morgan fingerprint density at radius 3 is 3.09 bits per heavy atom. The molecule has 1 N–H and O–H groups in total. The van der Waals surface area contributed by atoms with E-state index in [0.717, 1.165) is 25.7 Å². The van der Waals surface area contributed by atoms with Crippen LogP contribution in [0.1, 0.15) is 41.7 Å². The number of piperidine rings is 1. The Kier molecular flexibility index (Phi) is 4.88. The standard InChI is InChI=1S/C22H24FN7O3/c1-2-28-6-3-16-18(12-28)33-22-14(9-13(23)10-24-22)17-5-8-32-30(17)19-4-7-29-20(27-19)15(11-25-29)21(31)26-16/h4,7,9-11,16-18H,2-3,5-6,8,12H2,1H3,(H,26,31)/t16-,17+,18+/m1/s1. The number of halogens is 1. The minimum Gasteiger partial charge on any atom is -0.471 e. The summed E-state index contributed by atoms with van der Waals surface area (Å²) in [7, 11) is 0. The summed E-state index contributed by atoms with van der Waals surface area (Å²) < 4.78 is 22.3. The number of hydroxylamine groups is 1. The maximum absolute atomic E-state index is 14.3. The molecule has 3 aromatic rings. The van der Waals surface area contributed by atoms with Crippen molar-refractivity contribution >= 4 is 17.4 Å². The minimum atomic E-state index is -0.446. The minimum absolute atomic E-state index is 0.241. The number of pyridine rings is 1. The Balaban J connectivity index is 1.51. The molecule has 2 saturated heterocycles. The van der Waals surface area contributed by atoms with E-state index in [-0.39, 0.29) is 24.1 Å². The summed E-state index contributed by atoms with van der Waals surface area (Å²) in [5, 5.41) is 9.04. The average molecular weight is 453 g/mol. The van der Waals surface area contributed by atoms with E-state index >= 15 is 0 Å². The van der Waals surface area contributed by atoms with E-state index in [1.807, 2.05) is 0 Å². The molecule has 0 aromatic carbocycles. The summed E-state index contributed by atoms with van der Waals surface area (Å²) >= 11 is 0. The van der Waals surface area contributed by atoms with E-state index in [9.17, 15) is 9.18 Å². The second-order valence-corrected chi connectivity index (χ2v) is 8.54. The van der Waals surface area contributed by atoms with Crippen molar-refractivity contribution in [3.63, 3.8) is 0 Å². The van der Waals surface area contributed by atoms with Gasteiger partial charge in [-0.3, -0.25) is 14.5 Å². The summed E-state index contributed by atoms with van der Waals surface area (Å²) in [6, 6.07) is 2.63. The van der Waals surface area contributed by atoms with Gasteiger partial charge in [0.15, 0.2) is 11.5 Å². The van der Waals surface area contributed by atoms with Gasteiger partial charge in [-0.1, -0.05) is 6.92 Å². The highest BCUT2D eigenvalue weighted by molar-refractivity contribution is 6.00. The van der Waals surface area contributed by atoms with E-state index in [4.69, 9.17) is 9.57 Å². The maximum Gasteiger partial charge on any atom is 0.257 e. The molecule has 2 bridgehead atoms. The summed E-state index contributed by atoms with van der Waals surface area (Å²) in [5.74, 6) is 0.147. The lowest BCUT2D eigenvalue weighted by Crippen LogP contribution is -2.56. The molecule has 2 fully saturated rings. The molecule has 172 valence electrons. The van der Waals surface area contributed by atoms with E-state index in [0.29, 0.717) is 48.0 Å². The van der Waals surface area contributed by atoms with Crippen LogP contribution in [0, 0.1) is 5.82 Å². The molecule has 0 saturated carbocycles. The van der Waals surface area contributed by atoms with Crippen LogP contribution in [0.25, 0.3) is 5.65 Å². The molecule has 0 unspecified atom stereocenters. The third-order valence-electron chi connectivity index (χ3n) is 6.60. The van der Waals surface area contributed by atoms with Gasteiger partial charge < -0.3 is 10.1 Å². The second-order valence-electron chi connectivity index (χ2n) is 8.54. The lowest BCUT2D eigenvalue weighted by Gasteiger charge is -2.38. The topological polar surface area (TPSA) is 97.1 Å². The van der Waals surface area contributed by atoms with E-state index in [1.54, 1.807) is 21.8 Å². The number of likely N-dealkylation sites (N-methyl/N-ethyl adjacent to an activating group) is 1. The molecule has 3 aliphatic rings. The number of aromatic nitrogens is 4. The summed E-state index contributed by atoms with van der Waals surface area (Å²) in [6.07, 6.45) is 5.40. The zero-order valence-corrected chi connectivity index (χ0v) is 18.1. The van der Waals surface area contributed by atoms with Crippen molar-refractivity contribution in [3.8, 4) is 5.88 Å². The molecule has 0 spiro atoms. The molecular formula is C22H24FN7O3. The molecule has 3 aromatic heterocycles. The van der Waals surface area contributed by atoms with Crippen LogP contribution in [0.4, 0.5) is 10.2 Å². The maximum atomic E-state index is 14.3. The molecule has 6 heterocycles. The first-order valence-corrected chi connectivity index (χ1v) is 11.2. The number of nitrogens with one attached hydrogen (secondary N) is 1. The second kappa shape index (κ2) is 7.92. The molecule has 0 aliphatic carbocycles. The molecule has 1 amide bonds. The number of amides is 1. The van der Waals surface area contributed by atoms with Crippen molar-refractivity contribution in [2.75, 3.05) is 31.3 Å². The van der Waals surface area contributed by atoms with Crippen molar-refractivity contribution in [1.29, 1.82) is 0 Å². The number of ether oxygens (including phenoxy) is 1. The lowest BCUT2D eigenvalue weighted by molar-refractivity contribution is 0.0508. The Morgan fingerprint density at radius 1 is 1.30 bits per heavy atom. The van der Waals surface area contributed by atoms with Crippen LogP contribution in [-0.2, 0) is 4.84 Å². The van der Waals surface area contributed by atoms with Crippen LogP contribution < -0.4 is 15.1 Å². The summed E-state index contributed by atoms with van der Waals surface area (Å²) in [6.45, 7) is 4.87. The van der Waals surface area contributed by atoms with Crippen LogP contribution in [0.3, 0.4) is 0 Å². The quantitative estimate of drug-likeness (QED) is 0.595. The van der Waals surface area contributed by atoms with Gasteiger partial charge >= 0.3 is 0 Å². The number of fused-ring (bicyclic) bond motifs is 6. The Morgan fingerprint density at radius 2 is 2.21 bits per heavy atom. The zero-order valence-electron chi connectivity index (χ0n) is 18.1. The van der Waals surface area contributed by atoms with Gasteiger partial charge in [0.1, 0.15) is 17.5 Å². The van der Waals surface area contributed by atoms with E-state index in [2.05, 4.69) is 32.2 Å². The molecule has 11 heteroatoms. The van der Waals surface area contributed by atoms with Crippen LogP contribution in [0.15, 0.2) is 30.7 Å². The molecule has 3 aliphatic heterocycles. The number of carbonyl (C=O) groups is 1. The van der Waals surface area contributed by atoms with Crippen molar-refractivity contribution in [2.24, 2.45) is 0 Å². The first-order valence-electron chi connectivity index (χ1n) is 11.2. The number of hydrogen-bond donors (Lipinski definition) is 1. The van der Waals surface area contributed by atoms with Crippen molar-refractivity contribution in [2.45, 2.75) is 38.0 Å². The molecular weight excluding hydrogens is 429 g/mol. The van der Waals surface area contributed by atoms with Gasteiger partial charge in [-0.15, -0.1) is 0 Å². The fourth-order valence-corrected chi connectivity index (χ4v) is 4.84. The van der Waals surface area contributed by atoms with Gasteiger partial charge in [0.2, 0.25) is 5.88 Å². The lowest BCUT2D eigenvalue weighted by atomic mass is 10.0. The van der Waals surface area contributed by atoms with E-state index in [1.165, 1.54) is 12.3 Å². The SMILES string of the molecule is CCN1CC[C@H]2NC(=O)c3cnn4ccc(nc34)N3OCC[C@H]3c3cc(F)cnc3O[C@H]2C1. The predicted molar refractivity (Wildman–Crippen MR) is 115 cm³/mol. The Bertz CT molecular complexity index is 1220. The normalized spacial score (nSPS) is 25.3. The smallest absolute Gasteiger partial charge is 0.257 e. The zero-order chi connectivity index (χ0) is 22.5. The third-order valence-corrected chi connectivity index (χ3v) is 6.60. The van der Waals surface area contributed by atoms with Crippen LogP contribution in [0.5, 0.6) is 5.88 Å². The number of likely N-dealkylation sites (tertiary alicyclic amines) is 1. The van der Waals surface area contributed by atoms with Crippen molar-refractivity contribution in [1.82, 2.24) is 29.8 Å². The van der Waals surface area contributed by atoms with Gasteiger partial charge in [-0.05, 0) is 19.0 Å². The fourth-order valence-electron chi connectivity index (χ4n) is 4.84. The number of carbonyl (C=O) groups excluding carboxylic acids is 1. The first kappa shape index (κ1) is 20.3. The Labute approximate surface area is 189 Å². The molecule has 10 nitrogen and oxygen atoms in total. The highest BCUT2D eigenvalue weighted by atomic mass is 19.1. The van der Waals surface area contributed by atoms with Gasteiger partial charge in [-0.2, -0.15) is 5.10 Å². The highest BCUT2D eigenvalue weighted by Crippen LogP contribution is 2.38. The van der Waals surface area contributed by atoms with Crippen LogP contribution in [-0.4, -0.2) is 68.8 Å². The fraction of sp³-hybridized carbons (Fsp3) is 0.455.